The van der Waals surface area contributed by atoms with E-state index in [1.54, 1.807) is 35.0 Å². The van der Waals surface area contributed by atoms with E-state index in [4.69, 9.17) is 16.3 Å². The zero-order valence-electron chi connectivity index (χ0n) is 15.9. The number of halogens is 1. The summed E-state index contributed by atoms with van der Waals surface area (Å²) in [4.78, 5) is 25.3. The lowest BCUT2D eigenvalue weighted by atomic mass is 10.1. The van der Waals surface area contributed by atoms with Crippen LogP contribution < -0.4 is 15.4 Å². The number of amides is 2. The fourth-order valence-electron chi connectivity index (χ4n) is 3.42. The molecule has 2 amide bonds. The predicted octanol–water partition coefficient (Wildman–Crippen LogP) is 4.04. The minimum atomic E-state index is -0.782. The van der Waals surface area contributed by atoms with Crippen molar-refractivity contribution in [1.82, 2.24) is 9.78 Å². The van der Waals surface area contributed by atoms with Gasteiger partial charge >= 0.3 is 0 Å². The molecule has 1 aliphatic heterocycles. The topological polar surface area (TPSA) is 85.2 Å². The average molecular weight is 411 g/mol. The first-order valence-electron chi connectivity index (χ1n) is 9.06. The number of fused-ring (bicyclic) bond motifs is 1. The molecule has 29 heavy (non-hydrogen) atoms. The van der Waals surface area contributed by atoms with Crippen LogP contribution in [0.2, 0.25) is 5.02 Å². The van der Waals surface area contributed by atoms with Gasteiger partial charge in [0.1, 0.15) is 17.6 Å². The molecule has 0 saturated carbocycles. The number of hydrogen-bond acceptors (Lipinski definition) is 4. The number of carbonyl (C=O) groups is 2. The molecule has 4 rings (SSSR count). The number of hydrogen-bond donors (Lipinski definition) is 2. The van der Waals surface area contributed by atoms with Gasteiger partial charge < -0.3 is 15.4 Å². The van der Waals surface area contributed by atoms with E-state index in [0.29, 0.717) is 28.0 Å². The predicted molar refractivity (Wildman–Crippen MR) is 111 cm³/mol. The maximum absolute atomic E-state index is 13.0. The number of rotatable bonds is 4. The summed E-state index contributed by atoms with van der Waals surface area (Å²) in [7, 11) is 1.53. The van der Waals surface area contributed by atoms with Crippen molar-refractivity contribution in [3.05, 3.63) is 59.1 Å². The highest BCUT2D eigenvalue weighted by atomic mass is 35.5. The Bertz CT molecular complexity index is 1110. The van der Waals surface area contributed by atoms with Crippen molar-refractivity contribution in [1.29, 1.82) is 0 Å². The van der Waals surface area contributed by atoms with Crippen LogP contribution in [0.3, 0.4) is 0 Å². The van der Waals surface area contributed by atoms with Crippen LogP contribution in [0.5, 0.6) is 5.75 Å². The SMILES string of the molecule is COc1ccccc1NC(=O)[C@H]1CC(=O)Nc2c(C)c(-c3cccc(Cl)c3)nn21. The maximum atomic E-state index is 13.0. The normalized spacial score (nSPS) is 15.4. The number of nitrogens with zero attached hydrogens (tertiary/aromatic N) is 2. The van der Waals surface area contributed by atoms with Crippen LogP contribution in [0.15, 0.2) is 48.5 Å². The number of para-hydroxylation sites is 2. The highest BCUT2D eigenvalue weighted by Crippen LogP contribution is 2.35. The molecule has 0 unspecified atom stereocenters. The highest BCUT2D eigenvalue weighted by molar-refractivity contribution is 6.30. The van der Waals surface area contributed by atoms with Crippen LogP contribution in [0.1, 0.15) is 18.0 Å². The van der Waals surface area contributed by atoms with Gasteiger partial charge in [0.25, 0.3) is 0 Å². The fourth-order valence-corrected chi connectivity index (χ4v) is 3.61. The van der Waals surface area contributed by atoms with Crippen molar-refractivity contribution in [2.24, 2.45) is 0 Å². The van der Waals surface area contributed by atoms with Gasteiger partial charge in [0, 0.05) is 16.1 Å². The van der Waals surface area contributed by atoms with Gasteiger partial charge in [0.2, 0.25) is 11.8 Å². The molecule has 1 aliphatic rings. The van der Waals surface area contributed by atoms with Gasteiger partial charge in [-0.2, -0.15) is 5.10 Å². The minimum absolute atomic E-state index is 0.00983. The van der Waals surface area contributed by atoms with Crippen LogP contribution in [-0.2, 0) is 9.59 Å². The first-order chi connectivity index (χ1) is 14.0. The molecule has 0 saturated heterocycles. The third-order valence-corrected chi connectivity index (χ3v) is 5.08. The Morgan fingerprint density at radius 2 is 2.07 bits per heavy atom. The summed E-state index contributed by atoms with van der Waals surface area (Å²) in [6, 6.07) is 13.6. The molecule has 0 fully saturated rings. The highest BCUT2D eigenvalue weighted by Gasteiger charge is 2.34. The quantitative estimate of drug-likeness (QED) is 0.679. The van der Waals surface area contributed by atoms with Crippen LogP contribution in [0.4, 0.5) is 11.5 Å². The van der Waals surface area contributed by atoms with E-state index in [2.05, 4.69) is 15.7 Å². The number of methoxy groups -OCH3 is 1. The standard InChI is InChI=1S/C21H19ClN4O3/c1-12-19(13-6-5-7-14(22)10-13)25-26-16(11-18(27)24-20(12)26)21(28)23-15-8-3-4-9-17(15)29-2/h3-10,16H,11H2,1-2H3,(H,23,28)(H,24,27)/t16-/m1/s1. The Hall–Kier alpha value is -3.32. The fraction of sp³-hybridized carbons (Fsp3) is 0.190. The van der Waals surface area contributed by atoms with Gasteiger partial charge in [-0.25, -0.2) is 4.68 Å². The summed E-state index contributed by atoms with van der Waals surface area (Å²) in [5, 5.41) is 10.9. The summed E-state index contributed by atoms with van der Waals surface area (Å²) in [5.74, 6) is 0.470. The van der Waals surface area contributed by atoms with Crippen LogP contribution in [0, 0.1) is 6.92 Å². The van der Waals surface area contributed by atoms with E-state index in [1.165, 1.54) is 7.11 Å². The molecule has 0 aliphatic carbocycles. The lowest BCUT2D eigenvalue weighted by Gasteiger charge is -2.24. The number of aromatic nitrogens is 2. The largest absolute Gasteiger partial charge is 0.495 e. The van der Waals surface area contributed by atoms with E-state index in [9.17, 15) is 9.59 Å². The van der Waals surface area contributed by atoms with Gasteiger partial charge in [0.05, 0.1) is 24.9 Å². The summed E-state index contributed by atoms with van der Waals surface area (Å²) >= 11 is 6.11. The lowest BCUT2D eigenvalue weighted by Crippen LogP contribution is -2.36. The van der Waals surface area contributed by atoms with E-state index >= 15 is 0 Å². The van der Waals surface area contributed by atoms with Crippen LogP contribution in [-0.4, -0.2) is 28.7 Å². The second kappa shape index (κ2) is 7.60. The molecule has 2 heterocycles. The molecule has 0 spiro atoms. The van der Waals surface area contributed by atoms with E-state index in [-0.39, 0.29) is 18.2 Å². The molecule has 3 aromatic rings. The second-order valence-electron chi connectivity index (χ2n) is 6.73. The Balaban J connectivity index is 1.71. The van der Waals surface area contributed by atoms with E-state index < -0.39 is 6.04 Å². The van der Waals surface area contributed by atoms with E-state index in [0.717, 1.165) is 11.1 Å². The molecule has 7 nitrogen and oxygen atoms in total. The first kappa shape index (κ1) is 19.0. The Labute approximate surface area is 172 Å². The number of anilines is 2. The second-order valence-corrected chi connectivity index (χ2v) is 7.17. The molecular formula is C21H19ClN4O3. The van der Waals surface area contributed by atoms with Crippen molar-refractivity contribution in [3.8, 4) is 17.0 Å². The van der Waals surface area contributed by atoms with Gasteiger partial charge in [-0.15, -0.1) is 0 Å². The van der Waals surface area contributed by atoms with Crippen molar-refractivity contribution < 1.29 is 14.3 Å². The summed E-state index contributed by atoms with van der Waals surface area (Å²) in [5.41, 5.74) is 2.79. The number of benzene rings is 2. The molecule has 1 atom stereocenters. The summed E-state index contributed by atoms with van der Waals surface area (Å²) in [6.07, 6.45) is -0.00983. The third-order valence-electron chi connectivity index (χ3n) is 4.84. The van der Waals surface area contributed by atoms with Gasteiger partial charge in [0.15, 0.2) is 0 Å². The molecule has 0 radical (unpaired) electrons. The molecule has 148 valence electrons. The molecule has 1 aromatic heterocycles. The lowest BCUT2D eigenvalue weighted by molar-refractivity contribution is -0.125. The average Bonchev–Trinajstić information content (AvgIpc) is 3.04. The molecule has 8 heteroatoms. The van der Waals surface area contributed by atoms with Crippen molar-refractivity contribution >= 4 is 34.9 Å². The van der Waals surface area contributed by atoms with Gasteiger partial charge in [-0.1, -0.05) is 35.9 Å². The Kier molecular flexibility index (Phi) is 4.98. The third kappa shape index (κ3) is 3.56. The Morgan fingerprint density at radius 1 is 1.28 bits per heavy atom. The molecule has 2 aromatic carbocycles. The smallest absolute Gasteiger partial charge is 0.249 e. The molecular weight excluding hydrogens is 392 g/mol. The van der Waals surface area contributed by atoms with Crippen molar-refractivity contribution in [2.45, 2.75) is 19.4 Å². The summed E-state index contributed by atoms with van der Waals surface area (Å²) < 4.78 is 6.85. The van der Waals surface area contributed by atoms with Crippen molar-refractivity contribution in [3.63, 3.8) is 0 Å². The van der Waals surface area contributed by atoms with Gasteiger partial charge in [-0.05, 0) is 31.2 Å². The first-order valence-corrected chi connectivity index (χ1v) is 9.44. The van der Waals surface area contributed by atoms with Crippen molar-refractivity contribution in [2.75, 3.05) is 17.7 Å². The molecule has 0 bridgehead atoms. The molecule has 2 N–H and O–H groups in total. The van der Waals surface area contributed by atoms with E-state index in [1.807, 2.05) is 25.1 Å². The maximum Gasteiger partial charge on any atom is 0.249 e. The number of ether oxygens (including phenoxy) is 1. The zero-order chi connectivity index (χ0) is 20.5. The zero-order valence-corrected chi connectivity index (χ0v) is 16.7. The van der Waals surface area contributed by atoms with Crippen LogP contribution >= 0.6 is 11.6 Å². The van der Waals surface area contributed by atoms with Crippen LogP contribution in [0.25, 0.3) is 11.3 Å². The monoisotopic (exact) mass is 410 g/mol. The number of nitrogens with one attached hydrogen (secondary N) is 2. The summed E-state index contributed by atoms with van der Waals surface area (Å²) in [6.45, 7) is 1.86. The Morgan fingerprint density at radius 3 is 2.83 bits per heavy atom. The van der Waals surface area contributed by atoms with Gasteiger partial charge in [-0.3, -0.25) is 9.59 Å². The number of carbonyl (C=O) groups excluding carboxylic acids is 2. The minimum Gasteiger partial charge on any atom is -0.495 e.